The molecule has 0 atom stereocenters. The number of hydrogen-bond acceptors (Lipinski definition) is 2. The van der Waals surface area contributed by atoms with E-state index in [0.717, 1.165) is 0 Å². The van der Waals surface area contributed by atoms with Crippen molar-refractivity contribution in [3.63, 3.8) is 0 Å². The monoisotopic (exact) mass is 210 g/mol. The predicted octanol–water partition coefficient (Wildman–Crippen LogP) is 2.25. The summed E-state index contributed by atoms with van der Waals surface area (Å²) in [6.45, 7) is 3.51. The number of aromatic carboxylic acids is 1. The van der Waals surface area contributed by atoms with E-state index in [9.17, 15) is 4.79 Å². The topological polar surface area (TPSA) is 94.8 Å². The first kappa shape index (κ1) is 12.7. The lowest BCUT2D eigenvalue weighted by Crippen LogP contribution is -1.98. The smallest absolute Gasteiger partial charge is 0.478 e. The summed E-state index contributed by atoms with van der Waals surface area (Å²) in [7, 11) is 0. The van der Waals surface area contributed by atoms with Crippen LogP contribution >= 0.6 is 0 Å². The number of rotatable bonds is 2. The number of hydrogen-bond donors (Lipinski definition) is 3. The van der Waals surface area contributed by atoms with Crippen molar-refractivity contribution in [2.75, 3.05) is 0 Å². The van der Waals surface area contributed by atoms with Crippen LogP contribution in [0.4, 0.5) is 4.79 Å². The molecule has 15 heavy (non-hydrogen) atoms. The summed E-state index contributed by atoms with van der Waals surface area (Å²) in [5.41, 5.74) is 0.947. The van der Waals surface area contributed by atoms with Crippen LogP contribution in [0.25, 0.3) is 6.08 Å². The number of carboxylic acid groups (broad SMARTS) is 3. The Balaban J connectivity index is 0.000000423. The molecule has 1 rings (SSSR count). The Bertz CT molecular complexity index is 366. The van der Waals surface area contributed by atoms with Crippen LogP contribution in [0.3, 0.4) is 0 Å². The second-order valence-electron chi connectivity index (χ2n) is 2.38. The Kier molecular flexibility index (Phi) is 5.25. The third-order valence-corrected chi connectivity index (χ3v) is 1.41. The van der Waals surface area contributed by atoms with E-state index in [1.165, 1.54) is 6.08 Å². The van der Waals surface area contributed by atoms with Gasteiger partial charge in [0.25, 0.3) is 0 Å². The Morgan fingerprint density at radius 2 is 1.60 bits per heavy atom. The second kappa shape index (κ2) is 6.20. The van der Waals surface area contributed by atoms with Crippen molar-refractivity contribution in [3.05, 3.63) is 42.0 Å². The van der Waals surface area contributed by atoms with Crippen LogP contribution in [0, 0.1) is 0 Å². The van der Waals surface area contributed by atoms with E-state index in [4.69, 9.17) is 20.1 Å². The fourth-order valence-corrected chi connectivity index (χ4v) is 0.870. The zero-order valence-corrected chi connectivity index (χ0v) is 7.75. The van der Waals surface area contributed by atoms with Crippen LogP contribution in [0.15, 0.2) is 30.8 Å². The van der Waals surface area contributed by atoms with E-state index in [1.807, 2.05) is 0 Å². The molecule has 0 aliphatic rings. The molecule has 0 aliphatic heterocycles. The maximum absolute atomic E-state index is 10.5. The Morgan fingerprint density at radius 1 is 1.13 bits per heavy atom. The van der Waals surface area contributed by atoms with Crippen LogP contribution in [0.1, 0.15) is 15.9 Å². The molecule has 0 aliphatic carbocycles. The van der Waals surface area contributed by atoms with Gasteiger partial charge in [-0.3, -0.25) is 0 Å². The predicted molar refractivity (Wildman–Crippen MR) is 54.1 cm³/mol. The van der Waals surface area contributed by atoms with Crippen molar-refractivity contribution in [1.82, 2.24) is 0 Å². The van der Waals surface area contributed by atoms with Gasteiger partial charge in [-0.2, -0.15) is 0 Å². The SMILES string of the molecule is C=Cc1ccccc1C(=O)O.O=C(O)O. The van der Waals surface area contributed by atoms with Gasteiger partial charge in [-0.15, -0.1) is 0 Å². The number of benzene rings is 1. The quantitative estimate of drug-likeness (QED) is 0.695. The van der Waals surface area contributed by atoms with Gasteiger partial charge in [-0.1, -0.05) is 30.9 Å². The van der Waals surface area contributed by atoms with E-state index in [-0.39, 0.29) is 0 Å². The summed E-state index contributed by atoms with van der Waals surface area (Å²) in [6, 6.07) is 6.75. The molecule has 0 saturated carbocycles. The van der Waals surface area contributed by atoms with E-state index in [1.54, 1.807) is 24.3 Å². The van der Waals surface area contributed by atoms with E-state index < -0.39 is 12.1 Å². The van der Waals surface area contributed by atoms with Crippen LogP contribution in [0.5, 0.6) is 0 Å². The van der Waals surface area contributed by atoms with Crippen molar-refractivity contribution in [3.8, 4) is 0 Å². The molecule has 0 saturated heterocycles. The van der Waals surface area contributed by atoms with Gasteiger partial charge in [0.05, 0.1) is 5.56 Å². The molecule has 0 spiro atoms. The molecule has 3 N–H and O–H groups in total. The normalized spacial score (nSPS) is 8.27. The molecule has 80 valence electrons. The minimum atomic E-state index is -1.83. The largest absolute Gasteiger partial charge is 0.503 e. The zero-order chi connectivity index (χ0) is 11.8. The van der Waals surface area contributed by atoms with E-state index in [0.29, 0.717) is 11.1 Å². The first-order valence-corrected chi connectivity index (χ1v) is 3.85. The third kappa shape index (κ3) is 5.09. The molecule has 0 unspecified atom stereocenters. The van der Waals surface area contributed by atoms with Gasteiger partial charge in [0.15, 0.2) is 0 Å². The molecule has 1 aromatic rings. The Morgan fingerprint density at radius 3 is 1.93 bits per heavy atom. The summed E-state index contributed by atoms with van der Waals surface area (Å²) in [6.07, 6.45) is -0.302. The lowest BCUT2D eigenvalue weighted by molar-refractivity contribution is 0.0696. The van der Waals surface area contributed by atoms with Gasteiger partial charge >= 0.3 is 12.1 Å². The molecular formula is C10H10O5. The van der Waals surface area contributed by atoms with Gasteiger partial charge in [0.1, 0.15) is 0 Å². The molecule has 0 fully saturated rings. The highest BCUT2D eigenvalue weighted by Gasteiger charge is 2.04. The van der Waals surface area contributed by atoms with Crippen molar-refractivity contribution in [1.29, 1.82) is 0 Å². The minimum Gasteiger partial charge on any atom is -0.478 e. The average molecular weight is 210 g/mol. The molecule has 0 heterocycles. The maximum atomic E-state index is 10.5. The van der Waals surface area contributed by atoms with Crippen molar-refractivity contribution in [2.24, 2.45) is 0 Å². The standard InChI is InChI=1S/C9H8O2.CH2O3/c1-2-7-5-3-4-6-8(7)9(10)11;2-1(3)4/h2-6H,1H2,(H,10,11);(H2,2,3,4). The number of carbonyl (C=O) groups is 2. The highest BCUT2D eigenvalue weighted by molar-refractivity contribution is 5.91. The molecule has 0 aromatic heterocycles. The summed E-state index contributed by atoms with van der Waals surface area (Å²) in [5, 5.41) is 22.6. The first-order chi connectivity index (χ1) is 6.99. The second-order valence-corrected chi connectivity index (χ2v) is 2.38. The number of carboxylic acids is 1. The van der Waals surface area contributed by atoms with Crippen LogP contribution < -0.4 is 0 Å². The molecule has 5 heteroatoms. The fourth-order valence-electron chi connectivity index (χ4n) is 0.870. The maximum Gasteiger partial charge on any atom is 0.503 e. The van der Waals surface area contributed by atoms with Crippen molar-refractivity contribution in [2.45, 2.75) is 0 Å². The van der Waals surface area contributed by atoms with E-state index >= 15 is 0 Å². The van der Waals surface area contributed by atoms with Crippen molar-refractivity contribution < 1.29 is 24.9 Å². The van der Waals surface area contributed by atoms with Gasteiger partial charge < -0.3 is 15.3 Å². The molecule has 0 radical (unpaired) electrons. The van der Waals surface area contributed by atoms with Gasteiger partial charge in [0.2, 0.25) is 0 Å². The van der Waals surface area contributed by atoms with Gasteiger partial charge in [0, 0.05) is 0 Å². The third-order valence-electron chi connectivity index (χ3n) is 1.41. The van der Waals surface area contributed by atoms with Crippen LogP contribution in [0.2, 0.25) is 0 Å². The average Bonchev–Trinajstić information content (AvgIpc) is 2.16. The zero-order valence-electron chi connectivity index (χ0n) is 7.75. The molecule has 0 amide bonds. The molecule has 0 bridgehead atoms. The molecular weight excluding hydrogens is 200 g/mol. The van der Waals surface area contributed by atoms with Crippen molar-refractivity contribution >= 4 is 18.2 Å². The Hall–Kier alpha value is -2.30. The summed E-state index contributed by atoms with van der Waals surface area (Å²) < 4.78 is 0. The lowest BCUT2D eigenvalue weighted by atomic mass is 10.1. The fraction of sp³-hybridized carbons (Fsp3) is 0. The van der Waals surface area contributed by atoms with Crippen LogP contribution in [-0.4, -0.2) is 27.4 Å². The highest BCUT2D eigenvalue weighted by Crippen LogP contribution is 2.08. The lowest BCUT2D eigenvalue weighted by Gasteiger charge is -1.97. The highest BCUT2D eigenvalue weighted by atomic mass is 16.6. The van der Waals surface area contributed by atoms with Gasteiger partial charge in [-0.05, 0) is 11.6 Å². The summed E-state index contributed by atoms with van der Waals surface area (Å²) in [4.78, 5) is 19.1. The molecule has 5 nitrogen and oxygen atoms in total. The van der Waals surface area contributed by atoms with Crippen LogP contribution in [-0.2, 0) is 0 Å². The molecule has 1 aromatic carbocycles. The summed E-state index contributed by atoms with van der Waals surface area (Å²) in [5.74, 6) is -0.916. The Labute approximate surface area is 85.9 Å². The van der Waals surface area contributed by atoms with Gasteiger partial charge in [-0.25, -0.2) is 9.59 Å². The van der Waals surface area contributed by atoms with E-state index in [2.05, 4.69) is 6.58 Å². The minimum absolute atomic E-state index is 0.294. The first-order valence-electron chi connectivity index (χ1n) is 3.85. The summed E-state index contributed by atoms with van der Waals surface area (Å²) >= 11 is 0.